The van der Waals surface area contributed by atoms with Gasteiger partial charge in [-0.1, -0.05) is 30.3 Å². The van der Waals surface area contributed by atoms with Crippen LogP contribution in [0, 0.1) is 5.92 Å². The molecular formula is C19H24N2O. The van der Waals surface area contributed by atoms with Crippen LogP contribution in [0.4, 0.5) is 0 Å². The number of nitrogens with zero attached hydrogens (tertiary/aromatic N) is 1. The molecule has 3 rings (SSSR count). The quantitative estimate of drug-likeness (QED) is 0.915. The lowest BCUT2D eigenvalue weighted by molar-refractivity contribution is 0.180. The SMILES string of the molecule is NCC1CCN(Cc2cccc(Oc3ccccc3)c2)CC1. The van der Waals surface area contributed by atoms with Crippen LogP contribution in [0.5, 0.6) is 11.5 Å². The monoisotopic (exact) mass is 296 g/mol. The Hall–Kier alpha value is -1.84. The van der Waals surface area contributed by atoms with E-state index >= 15 is 0 Å². The van der Waals surface area contributed by atoms with E-state index in [2.05, 4.69) is 23.1 Å². The van der Waals surface area contributed by atoms with Crippen LogP contribution in [0.3, 0.4) is 0 Å². The minimum atomic E-state index is 0.712. The molecule has 1 fully saturated rings. The van der Waals surface area contributed by atoms with Crippen LogP contribution >= 0.6 is 0 Å². The predicted octanol–water partition coefficient (Wildman–Crippen LogP) is 3.65. The first-order valence-electron chi connectivity index (χ1n) is 8.08. The fourth-order valence-corrected chi connectivity index (χ4v) is 2.97. The van der Waals surface area contributed by atoms with E-state index in [0.717, 1.165) is 37.7 Å². The summed E-state index contributed by atoms with van der Waals surface area (Å²) in [4.78, 5) is 2.51. The van der Waals surface area contributed by atoms with Gasteiger partial charge >= 0.3 is 0 Å². The fraction of sp³-hybridized carbons (Fsp3) is 0.368. The van der Waals surface area contributed by atoms with Crippen molar-refractivity contribution in [1.82, 2.24) is 4.90 Å². The number of hydrogen-bond acceptors (Lipinski definition) is 3. The average molecular weight is 296 g/mol. The molecule has 2 aromatic rings. The summed E-state index contributed by atoms with van der Waals surface area (Å²) in [6.45, 7) is 4.11. The topological polar surface area (TPSA) is 38.5 Å². The molecule has 0 atom stereocenters. The highest BCUT2D eigenvalue weighted by molar-refractivity contribution is 5.33. The van der Waals surface area contributed by atoms with Gasteiger partial charge in [0.05, 0.1) is 0 Å². The van der Waals surface area contributed by atoms with Crippen molar-refractivity contribution in [1.29, 1.82) is 0 Å². The summed E-state index contributed by atoms with van der Waals surface area (Å²) in [5, 5.41) is 0. The van der Waals surface area contributed by atoms with Gasteiger partial charge in [-0.2, -0.15) is 0 Å². The average Bonchev–Trinajstić information content (AvgIpc) is 2.57. The van der Waals surface area contributed by atoms with Crippen molar-refractivity contribution in [3.63, 3.8) is 0 Å². The lowest BCUT2D eigenvalue weighted by Gasteiger charge is -2.31. The molecule has 1 aliphatic heterocycles. The fourth-order valence-electron chi connectivity index (χ4n) is 2.97. The first kappa shape index (κ1) is 15.1. The van der Waals surface area contributed by atoms with Gasteiger partial charge in [0.2, 0.25) is 0 Å². The number of rotatable bonds is 5. The zero-order valence-corrected chi connectivity index (χ0v) is 12.9. The Balaban J connectivity index is 1.60. The maximum Gasteiger partial charge on any atom is 0.127 e. The van der Waals surface area contributed by atoms with Gasteiger partial charge in [0, 0.05) is 6.54 Å². The van der Waals surface area contributed by atoms with Gasteiger partial charge in [-0.25, -0.2) is 0 Å². The molecule has 3 heteroatoms. The molecule has 3 nitrogen and oxygen atoms in total. The molecule has 0 bridgehead atoms. The Morgan fingerprint density at radius 3 is 2.41 bits per heavy atom. The van der Waals surface area contributed by atoms with Crippen molar-refractivity contribution < 1.29 is 4.74 Å². The molecule has 1 saturated heterocycles. The van der Waals surface area contributed by atoms with Crippen LogP contribution in [0.25, 0.3) is 0 Å². The molecule has 0 saturated carbocycles. The van der Waals surface area contributed by atoms with Gasteiger partial charge in [-0.05, 0) is 68.2 Å². The molecular weight excluding hydrogens is 272 g/mol. The first-order valence-corrected chi connectivity index (χ1v) is 8.08. The van der Waals surface area contributed by atoms with Crippen molar-refractivity contribution in [2.75, 3.05) is 19.6 Å². The molecule has 1 aliphatic rings. The summed E-state index contributed by atoms with van der Waals surface area (Å²) in [5.74, 6) is 2.49. The minimum Gasteiger partial charge on any atom is -0.457 e. The van der Waals surface area contributed by atoms with Gasteiger partial charge in [0.1, 0.15) is 11.5 Å². The molecule has 0 aromatic heterocycles. The molecule has 0 unspecified atom stereocenters. The summed E-state index contributed by atoms with van der Waals surface area (Å²) in [6, 6.07) is 18.3. The molecule has 0 aliphatic carbocycles. The van der Waals surface area contributed by atoms with Crippen LogP contribution in [0.15, 0.2) is 54.6 Å². The third-order valence-electron chi connectivity index (χ3n) is 4.32. The molecule has 1 heterocycles. The number of ether oxygens (including phenoxy) is 1. The van der Waals surface area contributed by atoms with E-state index in [-0.39, 0.29) is 0 Å². The summed E-state index contributed by atoms with van der Waals surface area (Å²) in [6.07, 6.45) is 2.44. The van der Waals surface area contributed by atoms with Gasteiger partial charge < -0.3 is 10.5 Å². The smallest absolute Gasteiger partial charge is 0.127 e. The van der Waals surface area contributed by atoms with Crippen molar-refractivity contribution in [3.8, 4) is 11.5 Å². The first-order chi connectivity index (χ1) is 10.8. The molecule has 2 aromatic carbocycles. The van der Waals surface area contributed by atoms with E-state index in [1.165, 1.54) is 18.4 Å². The lowest BCUT2D eigenvalue weighted by Crippen LogP contribution is -2.35. The van der Waals surface area contributed by atoms with E-state index in [1.807, 2.05) is 36.4 Å². The van der Waals surface area contributed by atoms with Crippen molar-refractivity contribution in [3.05, 3.63) is 60.2 Å². The lowest BCUT2D eigenvalue weighted by atomic mass is 9.97. The number of nitrogens with two attached hydrogens (primary N) is 1. The second-order valence-corrected chi connectivity index (χ2v) is 6.02. The van der Waals surface area contributed by atoms with Crippen molar-refractivity contribution >= 4 is 0 Å². The Bertz CT molecular complexity index is 577. The highest BCUT2D eigenvalue weighted by atomic mass is 16.5. The normalized spacial score (nSPS) is 16.6. The number of para-hydroxylation sites is 1. The number of benzene rings is 2. The zero-order chi connectivity index (χ0) is 15.2. The van der Waals surface area contributed by atoms with Crippen LogP contribution in [-0.4, -0.2) is 24.5 Å². The summed E-state index contributed by atoms with van der Waals surface area (Å²) >= 11 is 0. The maximum atomic E-state index is 5.91. The molecule has 0 radical (unpaired) electrons. The van der Waals surface area contributed by atoms with E-state index in [4.69, 9.17) is 10.5 Å². The van der Waals surface area contributed by atoms with Gasteiger partial charge in [-0.15, -0.1) is 0 Å². The van der Waals surface area contributed by atoms with Gasteiger partial charge in [0.25, 0.3) is 0 Å². The van der Waals surface area contributed by atoms with Crippen LogP contribution < -0.4 is 10.5 Å². The highest BCUT2D eigenvalue weighted by Gasteiger charge is 2.17. The maximum absolute atomic E-state index is 5.91. The van der Waals surface area contributed by atoms with Crippen molar-refractivity contribution in [2.45, 2.75) is 19.4 Å². The molecule has 116 valence electrons. The van der Waals surface area contributed by atoms with Crippen LogP contribution in [0.2, 0.25) is 0 Å². The van der Waals surface area contributed by atoms with E-state index < -0.39 is 0 Å². The number of piperidine rings is 1. The second-order valence-electron chi connectivity index (χ2n) is 6.02. The van der Waals surface area contributed by atoms with Crippen LogP contribution in [-0.2, 0) is 6.54 Å². The summed E-state index contributed by atoms with van der Waals surface area (Å²) in [7, 11) is 0. The van der Waals surface area contributed by atoms with E-state index in [9.17, 15) is 0 Å². The van der Waals surface area contributed by atoms with Gasteiger partial charge in [0.15, 0.2) is 0 Å². The van der Waals surface area contributed by atoms with Crippen LogP contribution in [0.1, 0.15) is 18.4 Å². The van der Waals surface area contributed by atoms with Gasteiger partial charge in [-0.3, -0.25) is 4.90 Å². The second kappa shape index (κ2) is 7.43. The van der Waals surface area contributed by atoms with E-state index in [1.54, 1.807) is 0 Å². The largest absolute Gasteiger partial charge is 0.457 e. The number of hydrogen-bond donors (Lipinski definition) is 1. The minimum absolute atomic E-state index is 0.712. The molecule has 0 spiro atoms. The zero-order valence-electron chi connectivity index (χ0n) is 12.9. The molecule has 2 N–H and O–H groups in total. The Kier molecular flexibility index (Phi) is 5.09. The Morgan fingerprint density at radius 2 is 1.68 bits per heavy atom. The third-order valence-corrected chi connectivity index (χ3v) is 4.32. The molecule has 22 heavy (non-hydrogen) atoms. The Labute approximate surface area is 132 Å². The summed E-state index contributed by atoms with van der Waals surface area (Å²) in [5.41, 5.74) is 7.06. The predicted molar refractivity (Wildman–Crippen MR) is 90.0 cm³/mol. The Morgan fingerprint density at radius 1 is 0.955 bits per heavy atom. The summed E-state index contributed by atoms with van der Waals surface area (Å²) < 4.78 is 5.91. The number of likely N-dealkylation sites (tertiary alicyclic amines) is 1. The van der Waals surface area contributed by atoms with E-state index in [0.29, 0.717) is 5.92 Å². The molecule has 0 amide bonds. The standard InChI is InChI=1S/C19H24N2O/c20-14-16-9-11-21(12-10-16)15-17-5-4-8-19(13-17)22-18-6-2-1-3-7-18/h1-8,13,16H,9-12,14-15,20H2. The third kappa shape index (κ3) is 4.09. The van der Waals surface area contributed by atoms with Crippen molar-refractivity contribution in [2.24, 2.45) is 11.7 Å². The highest BCUT2D eigenvalue weighted by Crippen LogP contribution is 2.23.